The van der Waals surface area contributed by atoms with E-state index in [0.29, 0.717) is 12.3 Å². The lowest BCUT2D eigenvalue weighted by molar-refractivity contribution is 0.121. The molecule has 0 bridgehead atoms. The number of β-amino-alcohol motifs (C(OH)–C–C–N with tert-alkyl or cyclic N) is 1. The number of likely N-dealkylation sites (tertiary alicyclic amines) is 1. The van der Waals surface area contributed by atoms with Gasteiger partial charge in [0.15, 0.2) is 11.5 Å². The van der Waals surface area contributed by atoms with Crippen LogP contribution in [0.15, 0.2) is 48.5 Å². The molecule has 0 aliphatic carbocycles. The van der Waals surface area contributed by atoms with Crippen LogP contribution in [0.2, 0.25) is 0 Å². The summed E-state index contributed by atoms with van der Waals surface area (Å²) in [5.41, 5.74) is 3.90. The second kappa shape index (κ2) is 11.1. The van der Waals surface area contributed by atoms with Gasteiger partial charge in [-0.1, -0.05) is 24.3 Å². The topological polar surface area (TPSA) is 54.4 Å². The smallest absolute Gasteiger partial charge is 0.161 e. The van der Waals surface area contributed by atoms with Gasteiger partial charge in [-0.15, -0.1) is 0 Å². The predicted octanol–water partition coefficient (Wildman–Crippen LogP) is 4.15. The van der Waals surface area contributed by atoms with E-state index in [1.54, 1.807) is 21.3 Å². The Bertz CT molecular complexity index is 1200. The minimum Gasteiger partial charge on any atom is -0.497 e. The molecule has 6 heteroatoms. The van der Waals surface area contributed by atoms with Crippen molar-refractivity contribution in [2.45, 2.75) is 31.9 Å². The molecule has 2 heterocycles. The van der Waals surface area contributed by atoms with Crippen LogP contribution in [0.4, 0.5) is 0 Å². The van der Waals surface area contributed by atoms with E-state index in [0.717, 1.165) is 68.3 Å². The first-order valence-corrected chi connectivity index (χ1v) is 13.0. The van der Waals surface area contributed by atoms with Crippen LogP contribution in [0.1, 0.15) is 23.1 Å². The fourth-order valence-electron chi connectivity index (χ4n) is 5.94. The molecule has 2 aliphatic rings. The van der Waals surface area contributed by atoms with Gasteiger partial charge in [0.2, 0.25) is 0 Å². The number of methoxy groups -OCH3 is 3. The Morgan fingerprint density at radius 3 is 2.50 bits per heavy atom. The highest BCUT2D eigenvalue weighted by Crippen LogP contribution is 2.34. The van der Waals surface area contributed by atoms with Crippen molar-refractivity contribution < 1.29 is 19.3 Å². The molecule has 5 rings (SSSR count). The molecule has 1 fully saturated rings. The van der Waals surface area contributed by atoms with Crippen LogP contribution in [0.25, 0.3) is 10.8 Å². The highest BCUT2D eigenvalue weighted by molar-refractivity contribution is 5.87. The number of benzene rings is 3. The molecule has 0 spiro atoms. The summed E-state index contributed by atoms with van der Waals surface area (Å²) >= 11 is 0. The van der Waals surface area contributed by atoms with Crippen molar-refractivity contribution in [3.05, 3.63) is 65.2 Å². The van der Waals surface area contributed by atoms with Crippen molar-refractivity contribution in [2.24, 2.45) is 5.92 Å². The van der Waals surface area contributed by atoms with Gasteiger partial charge in [0, 0.05) is 39.1 Å². The van der Waals surface area contributed by atoms with Crippen LogP contribution in [0.3, 0.4) is 0 Å². The molecule has 3 aromatic rings. The van der Waals surface area contributed by atoms with Crippen LogP contribution in [-0.4, -0.2) is 75.1 Å². The average Bonchev–Trinajstić information content (AvgIpc) is 3.33. The molecule has 0 saturated carbocycles. The van der Waals surface area contributed by atoms with Crippen molar-refractivity contribution in [2.75, 3.05) is 54.1 Å². The van der Waals surface area contributed by atoms with E-state index in [4.69, 9.17) is 14.2 Å². The molecule has 0 amide bonds. The van der Waals surface area contributed by atoms with Crippen LogP contribution < -0.4 is 14.2 Å². The molecule has 2 unspecified atom stereocenters. The second-order valence-electron chi connectivity index (χ2n) is 10.2. The molecule has 1 saturated heterocycles. The summed E-state index contributed by atoms with van der Waals surface area (Å²) in [5.74, 6) is 3.13. The highest BCUT2D eigenvalue weighted by atomic mass is 16.5. The van der Waals surface area contributed by atoms with Gasteiger partial charge >= 0.3 is 0 Å². The Morgan fingerprint density at radius 1 is 0.917 bits per heavy atom. The quantitative estimate of drug-likeness (QED) is 0.486. The van der Waals surface area contributed by atoms with E-state index in [2.05, 4.69) is 52.3 Å². The maximum Gasteiger partial charge on any atom is 0.161 e. The van der Waals surface area contributed by atoms with E-state index in [9.17, 15) is 5.11 Å². The SMILES string of the molecule is COc1ccc2c(CC(O)CN3CCC(CN4CCc5cc(OC)c(OC)cc5C4)C3)cccc2c1. The van der Waals surface area contributed by atoms with E-state index in [1.807, 2.05) is 6.07 Å². The summed E-state index contributed by atoms with van der Waals surface area (Å²) in [6, 6.07) is 16.7. The normalized spacial score (nSPS) is 19.3. The monoisotopic (exact) mass is 490 g/mol. The van der Waals surface area contributed by atoms with Gasteiger partial charge in [-0.25, -0.2) is 0 Å². The summed E-state index contributed by atoms with van der Waals surface area (Å²) in [6.45, 7) is 5.98. The van der Waals surface area contributed by atoms with Gasteiger partial charge in [0.1, 0.15) is 5.75 Å². The molecule has 2 atom stereocenters. The molecule has 0 aromatic heterocycles. The number of aliphatic hydroxyl groups is 1. The number of hydrogen-bond donors (Lipinski definition) is 1. The Labute approximate surface area is 214 Å². The molecule has 6 nitrogen and oxygen atoms in total. The Kier molecular flexibility index (Phi) is 7.65. The maximum atomic E-state index is 10.9. The largest absolute Gasteiger partial charge is 0.497 e. The molecule has 2 aliphatic heterocycles. The van der Waals surface area contributed by atoms with E-state index >= 15 is 0 Å². The standard InChI is InChI=1S/C30H38N2O4/c1-34-27-7-8-28-23(5-4-6-24(28)14-27)13-26(33)20-32-11-9-21(18-32)17-31-12-10-22-15-29(35-2)30(36-3)16-25(22)19-31/h4-8,14-16,21,26,33H,9-13,17-20H2,1-3H3. The van der Waals surface area contributed by atoms with Gasteiger partial charge in [0.05, 0.1) is 27.4 Å². The lowest BCUT2D eigenvalue weighted by atomic mass is 9.97. The molecule has 36 heavy (non-hydrogen) atoms. The first-order chi connectivity index (χ1) is 17.6. The minimum atomic E-state index is -0.374. The first kappa shape index (κ1) is 24.9. The predicted molar refractivity (Wildman–Crippen MR) is 143 cm³/mol. The zero-order valence-electron chi connectivity index (χ0n) is 21.7. The van der Waals surface area contributed by atoms with Crippen LogP contribution in [0.5, 0.6) is 17.2 Å². The molecule has 192 valence electrons. The van der Waals surface area contributed by atoms with Gasteiger partial charge in [-0.05, 0) is 77.0 Å². The van der Waals surface area contributed by atoms with Gasteiger partial charge in [-0.3, -0.25) is 4.90 Å². The number of fused-ring (bicyclic) bond motifs is 2. The molecular weight excluding hydrogens is 452 g/mol. The Hall–Kier alpha value is -2.80. The zero-order valence-corrected chi connectivity index (χ0v) is 21.7. The summed E-state index contributed by atoms with van der Waals surface area (Å²) in [6.07, 6.45) is 2.53. The third-order valence-corrected chi connectivity index (χ3v) is 7.79. The Balaban J connectivity index is 1.14. The van der Waals surface area contributed by atoms with Crippen LogP contribution in [-0.2, 0) is 19.4 Å². The van der Waals surface area contributed by atoms with Gasteiger partial charge in [0.25, 0.3) is 0 Å². The fraction of sp³-hybridized carbons (Fsp3) is 0.467. The number of nitrogens with zero attached hydrogens (tertiary/aromatic N) is 2. The minimum absolute atomic E-state index is 0.374. The van der Waals surface area contributed by atoms with Gasteiger partial charge < -0.3 is 24.2 Å². The maximum absolute atomic E-state index is 10.9. The van der Waals surface area contributed by atoms with Crippen molar-refractivity contribution in [3.8, 4) is 17.2 Å². The van der Waals surface area contributed by atoms with Crippen LogP contribution >= 0.6 is 0 Å². The number of aliphatic hydroxyl groups excluding tert-OH is 1. The first-order valence-electron chi connectivity index (χ1n) is 13.0. The summed E-state index contributed by atoms with van der Waals surface area (Å²) in [4.78, 5) is 5.01. The average molecular weight is 491 g/mol. The van der Waals surface area contributed by atoms with Crippen molar-refractivity contribution in [3.63, 3.8) is 0 Å². The third kappa shape index (κ3) is 5.46. The van der Waals surface area contributed by atoms with Crippen LogP contribution in [0, 0.1) is 5.92 Å². The van der Waals surface area contributed by atoms with E-state index in [1.165, 1.54) is 28.5 Å². The second-order valence-corrected chi connectivity index (χ2v) is 10.2. The lowest BCUT2D eigenvalue weighted by Crippen LogP contribution is -2.36. The number of ether oxygens (including phenoxy) is 3. The number of rotatable bonds is 9. The van der Waals surface area contributed by atoms with E-state index in [-0.39, 0.29) is 6.10 Å². The van der Waals surface area contributed by atoms with Crippen molar-refractivity contribution in [1.29, 1.82) is 0 Å². The van der Waals surface area contributed by atoms with Crippen molar-refractivity contribution >= 4 is 10.8 Å². The van der Waals surface area contributed by atoms with Crippen molar-refractivity contribution in [1.82, 2.24) is 9.80 Å². The highest BCUT2D eigenvalue weighted by Gasteiger charge is 2.28. The summed E-state index contributed by atoms with van der Waals surface area (Å²) < 4.78 is 16.4. The summed E-state index contributed by atoms with van der Waals surface area (Å²) in [5, 5.41) is 13.3. The molecule has 0 radical (unpaired) electrons. The van der Waals surface area contributed by atoms with Gasteiger partial charge in [-0.2, -0.15) is 0 Å². The Morgan fingerprint density at radius 2 is 1.72 bits per heavy atom. The molecule has 1 N–H and O–H groups in total. The third-order valence-electron chi connectivity index (χ3n) is 7.79. The fourth-order valence-corrected chi connectivity index (χ4v) is 5.94. The molecule has 3 aromatic carbocycles. The van der Waals surface area contributed by atoms with E-state index < -0.39 is 0 Å². The summed E-state index contributed by atoms with van der Waals surface area (Å²) in [7, 11) is 5.09. The molecular formula is C30H38N2O4. The number of hydrogen-bond acceptors (Lipinski definition) is 6. The lowest BCUT2D eigenvalue weighted by Gasteiger charge is -2.31. The zero-order chi connectivity index (χ0) is 25.1.